The molecule has 0 saturated carbocycles. The maximum Gasteiger partial charge on any atom is 0.258 e. The van der Waals surface area contributed by atoms with Gasteiger partial charge in [-0.1, -0.05) is 6.07 Å². The maximum absolute atomic E-state index is 14.1. The Labute approximate surface area is 132 Å². The molecule has 0 aliphatic carbocycles. The van der Waals surface area contributed by atoms with Gasteiger partial charge in [0.15, 0.2) is 11.6 Å². The summed E-state index contributed by atoms with van der Waals surface area (Å²) in [6, 6.07) is 7.58. The largest absolute Gasteiger partial charge is 0.370 e. The zero-order chi connectivity index (χ0) is 17.1. The summed E-state index contributed by atoms with van der Waals surface area (Å²) in [5, 5.41) is 2.36. The lowest BCUT2D eigenvalue weighted by Crippen LogP contribution is -2.26. The summed E-state index contributed by atoms with van der Waals surface area (Å²) in [6.07, 6.45) is 0. The Balaban J connectivity index is 2.22. The number of halogens is 3. The van der Waals surface area contributed by atoms with Crippen molar-refractivity contribution in [2.24, 2.45) is 0 Å². The normalized spacial score (nSPS) is 10.7. The van der Waals surface area contributed by atoms with Gasteiger partial charge in [-0.15, -0.1) is 0 Å². The topological polar surface area (TPSA) is 32.3 Å². The molecule has 0 spiro atoms. The van der Waals surface area contributed by atoms with Crippen LogP contribution < -0.4 is 10.2 Å². The van der Waals surface area contributed by atoms with Crippen LogP contribution in [0.2, 0.25) is 0 Å². The van der Waals surface area contributed by atoms with E-state index in [-0.39, 0.29) is 11.7 Å². The lowest BCUT2D eigenvalue weighted by Gasteiger charge is -2.24. The van der Waals surface area contributed by atoms with Gasteiger partial charge >= 0.3 is 0 Å². The fourth-order valence-corrected chi connectivity index (χ4v) is 2.03. The molecule has 2 aromatic carbocycles. The highest BCUT2D eigenvalue weighted by molar-refractivity contribution is 6.04. The van der Waals surface area contributed by atoms with E-state index in [0.29, 0.717) is 5.69 Å². The van der Waals surface area contributed by atoms with E-state index in [4.69, 9.17) is 0 Å². The van der Waals surface area contributed by atoms with Gasteiger partial charge in [-0.2, -0.15) is 0 Å². The molecule has 0 radical (unpaired) electrons. The third-order valence-corrected chi connectivity index (χ3v) is 3.56. The molecule has 0 fully saturated rings. The van der Waals surface area contributed by atoms with Crippen LogP contribution in [0.5, 0.6) is 0 Å². The van der Waals surface area contributed by atoms with Gasteiger partial charge in [0.1, 0.15) is 5.82 Å². The van der Waals surface area contributed by atoms with Crippen LogP contribution in [0.3, 0.4) is 0 Å². The molecule has 1 amide bonds. The van der Waals surface area contributed by atoms with Crippen molar-refractivity contribution in [2.45, 2.75) is 19.9 Å². The molecule has 2 rings (SSSR count). The predicted octanol–water partition coefficient (Wildman–Crippen LogP) is 4.20. The summed E-state index contributed by atoms with van der Waals surface area (Å²) in [4.78, 5) is 13.7. The Kier molecular flexibility index (Phi) is 4.93. The zero-order valence-corrected chi connectivity index (χ0v) is 13.0. The van der Waals surface area contributed by atoms with E-state index in [1.54, 1.807) is 11.9 Å². The van der Waals surface area contributed by atoms with Crippen LogP contribution in [0.15, 0.2) is 36.4 Å². The second-order valence-corrected chi connectivity index (χ2v) is 5.43. The van der Waals surface area contributed by atoms with Gasteiger partial charge in [0.05, 0.1) is 11.3 Å². The minimum absolute atomic E-state index is 0.103. The predicted molar refractivity (Wildman–Crippen MR) is 84.3 cm³/mol. The second kappa shape index (κ2) is 6.73. The van der Waals surface area contributed by atoms with Gasteiger partial charge in [0.25, 0.3) is 5.91 Å². The molecule has 0 unspecified atom stereocenters. The summed E-state index contributed by atoms with van der Waals surface area (Å²) < 4.78 is 40.8. The fourth-order valence-electron chi connectivity index (χ4n) is 2.03. The highest BCUT2D eigenvalue weighted by Crippen LogP contribution is 2.24. The van der Waals surface area contributed by atoms with Crippen molar-refractivity contribution in [3.05, 3.63) is 59.4 Å². The lowest BCUT2D eigenvalue weighted by molar-refractivity contribution is 0.102. The molecule has 2 aromatic rings. The van der Waals surface area contributed by atoms with Gasteiger partial charge in [0.2, 0.25) is 0 Å². The van der Waals surface area contributed by atoms with Crippen molar-refractivity contribution >= 4 is 17.3 Å². The third-order valence-electron chi connectivity index (χ3n) is 3.56. The summed E-state index contributed by atoms with van der Waals surface area (Å²) in [5.74, 6) is -3.70. The molecule has 1 N–H and O–H groups in total. The molecule has 3 nitrogen and oxygen atoms in total. The quantitative estimate of drug-likeness (QED) is 0.915. The molecule has 0 bridgehead atoms. The zero-order valence-electron chi connectivity index (χ0n) is 13.0. The van der Waals surface area contributed by atoms with Crippen molar-refractivity contribution in [1.29, 1.82) is 0 Å². The van der Waals surface area contributed by atoms with Gasteiger partial charge in [-0.25, -0.2) is 13.2 Å². The van der Waals surface area contributed by atoms with E-state index in [2.05, 4.69) is 5.32 Å². The standard InChI is InChI=1S/C17H17F3N2O/c1-10(2)22(3)15-8-7-11(9-14(15)19)21-17(23)12-5-4-6-13(18)16(12)20/h4-10H,1-3H3,(H,21,23). The molecule has 0 saturated heterocycles. The third kappa shape index (κ3) is 3.64. The van der Waals surface area contributed by atoms with Gasteiger partial charge < -0.3 is 10.2 Å². The van der Waals surface area contributed by atoms with Crippen LogP contribution in [0, 0.1) is 17.5 Å². The molecule has 0 aliphatic heterocycles. The van der Waals surface area contributed by atoms with Gasteiger partial charge in [0, 0.05) is 18.8 Å². The first-order valence-corrected chi connectivity index (χ1v) is 7.09. The number of amides is 1. The van der Waals surface area contributed by atoms with E-state index in [1.807, 2.05) is 13.8 Å². The fraction of sp³-hybridized carbons (Fsp3) is 0.235. The van der Waals surface area contributed by atoms with E-state index < -0.39 is 28.9 Å². The number of carbonyl (C=O) groups is 1. The number of hydrogen-bond donors (Lipinski definition) is 1. The van der Waals surface area contributed by atoms with Crippen molar-refractivity contribution in [1.82, 2.24) is 0 Å². The highest BCUT2D eigenvalue weighted by Gasteiger charge is 2.16. The van der Waals surface area contributed by atoms with Crippen LogP contribution in [-0.4, -0.2) is 19.0 Å². The number of rotatable bonds is 4. The number of benzene rings is 2. The van der Waals surface area contributed by atoms with E-state index in [0.717, 1.165) is 18.2 Å². The first-order valence-electron chi connectivity index (χ1n) is 7.09. The number of nitrogens with one attached hydrogen (secondary N) is 1. The van der Waals surface area contributed by atoms with E-state index >= 15 is 0 Å². The molecule has 122 valence electrons. The van der Waals surface area contributed by atoms with Gasteiger partial charge in [-0.05, 0) is 44.2 Å². The molecule has 0 heterocycles. The summed E-state index contributed by atoms with van der Waals surface area (Å²) in [5.41, 5.74) is 0.112. The summed E-state index contributed by atoms with van der Waals surface area (Å²) >= 11 is 0. The summed E-state index contributed by atoms with van der Waals surface area (Å²) in [7, 11) is 1.75. The molecule has 0 atom stereocenters. The summed E-state index contributed by atoms with van der Waals surface area (Å²) in [6.45, 7) is 3.84. The molecular weight excluding hydrogens is 305 g/mol. The van der Waals surface area contributed by atoms with Crippen LogP contribution >= 0.6 is 0 Å². The number of carbonyl (C=O) groups excluding carboxylic acids is 1. The van der Waals surface area contributed by atoms with Crippen molar-refractivity contribution in [3.63, 3.8) is 0 Å². The average molecular weight is 322 g/mol. The SMILES string of the molecule is CC(C)N(C)c1ccc(NC(=O)c2cccc(F)c2F)cc1F. The monoisotopic (exact) mass is 322 g/mol. The van der Waals surface area contributed by atoms with Gasteiger partial charge in [-0.3, -0.25) is 4.79 Å². The maximum atomic E-state index is 14.1. The Bertz CT molecular complexity index is 732. The van der Waals surface area contributed by atoms with Crippen LogP contribution in [0.1, 0.15) is 24.2 Å². The molecule has 0 aliphatic rings. The lowest BCUT2D eigenvalue weighted by atomic mass is 10.1. The minimum Gasteiger partial charge on any atom is -0.370 e. The van der Waals surface area contributed by atoms with Crippen molar-refractivity contribution in [3.8, 4) is 0 Å². The first kappa shape index (κ1) is 16.9. The highest BCUT2D eigenvalue weighted by atomic mass is 19.2. The Morgan fingerprint density at radius 2 is 1.78 bits per heavy atom. The van der Waals surface area contributed by atoms with E-state index in [9.17, 15) is 18.0 Å². The van der Waals surface area contributed by atoms with Crippen LogP contribution in [-0.2, 0) is 0 Å². The number of hydrogen-bond acceptors (Lipinski definition) is 2. The van der Waals surface area contributed by atoms with Crippen molar-refractivity contribution in [2.75, 3.05) is 17.3 Å². The van der Waals surface area contributed by atoms with E-state index in [1.165, 1.54) is 18.2 Å². The molecule has 23 heavy (non-hydrogen) atoms. The molecule has 0 aromatic heterocycles. The minimum atomic E-state index is -1.23. The average Bonchev–Trinajstić information content (AvgIpc) is 2.49. The smallest absolute Gasteiger partial charge is 0.258 e. The Morgan fingerprint density at radius 3 is 2.39 bits per heavy atom. The molecule has 6 heteroatoms. The Morgan fingerprint density at radius 1 is 1.09 bits per heavy atom. The van der Waals surface area contributed by atoms with Crippen LogP contribution in [0.25, 0.3) is 0 Å². The first-order chi connectivity index (χ1) is 10.8. The number of anilines is 2. The van der Waals surface area contributed by atoms with Crippen LogP contribution in [0.4, 0.5) is 24.5 Å². The second-order valence-electron chi connectivity index (χ2n) is 5.43. The Hall–Kier alpha value is -2.50. The molecular formula is C17H17F3N2O. The number of nitrogens with zero attached hydrogens (tertiary/aromatic N) is 1. The van der Waals surface area contributed by atoms with Crippen molar-refractivity contribution < 1.29 is 18.0 Å².